The van der Waals surface area contributed by atoms with E-state index in [1.807, 2.05) is 0 Å². The Bertz CT molecular complexity index is 138. The third kappa shape index (κ3) is 10.0. The molecule has 86 valence electrons. The van der Waals surface area contributed by atoms with Gasteiger partial charge >= 0.3 is 0 Å². The Morgan fingerprint density at radius 3 is 2.21 bits per heavy atom. The molecule has 0 spiro atoms. The Balaban J connectivity index is 3.36. The van der Waals surface area contributed by atoms with Gasteiger partial charge < -0.3 is 10.4 Å². The van der Waals surface area contributed by atoms with Crippen LogP contribution in [-0.4, -0.2) is 24.3 Å². The maximum atomic E-state index is 9.59. The number of nitrogens with one attached hydrogen (secondary N) is 1. The molecule has 0 fully saturated rings. The van der Waals surface area contributed by atoms with Crippen LogP contribution in [-0.2, 0) is 0 Å². The molecule has 0 saturated carbocycles. The van der Waals surface area contributed by atoms with Crippen molar-refractivity contribution >= 4 is 0 Å². The smallest absolute Gasteiger partial charge is 0.0667 e. The van der Waals surface area contributed by atoms with Gasteiger partial charge in [0.15, 0.2) is 0 Å². The lowest BCUT2D eigenvalue weighted by atomic mass is 9.92. The second-order valence-electron chi connectivity index (χ2n) is 5.80. The van der Waals surface area contributed by atoms with E-state index in [4.69, 9.17) is 0 Å². The lowest BCUT2D eigenvalue weighted by Gasteiger charge is -2.19. The molecule has 1 unspecified atom stereocenters. The molecule has 2 N–H and O–H groups in total. The van der Waals surface area contributed by atoms with E-state index in [1.165, 1.54) is 0 Å². The largest absolute Gasteiger partial charge is 0.392 e. The summed E-state index contributed by atoms with van der Waals surface area (Å²) in [7, 11) is 0. The summed E-state index contributed by atoms with van der Waals surface area (Å²) in [6.07, 6.45) is 1.86. The van der Waals surface area contributed by atoms with Crippen LogP contribution in [0.1, 0.15) is 47.5 Å². The first-order valence-electron chi connectivity index (χ1n) is 5.70. The van der Waals surface area contributed by atoms with E-state index >= 15 is 0 Å². The van der Waals surface area contributed by atoms with Gasteiger partial charge in [-0.2, -0.15) is 0 Å². The molecule has 0 heterocycles. The molecule has 0 rings (SSSR count). The number of rotatable bonds is 6. The molecule has 0 aliphatic carbocycles. The van der Waals surface area contributed by atoms with Crippen LogP contribution in [0.3, 0.4) is 0 Å². The maximum Gasteiger partial charge on any atom is 0.0667 e. The van der Waals surface area contributed by atoms with Gasteiger partial charge in [0.25, 0.3) is 0 Å². The summed E-state index contributed by atoms with van der Waals surface area (Å²) in [4.78, 5) is 0. The number of hydrogen-bond donors (Lipinski definition) is 2. The summed E-state index contributed by atoms with van der Waals surface area (Å²) < 4.78 is 0. The maximum absolute atomic E-state index is 9.59. The fourth-order valence-electron chi connectivity index (χ4n) is 1.36. The van der Waals surface area contributed by atoms with Gasteiger partial charge in [-0.25, -0.2) is 0 Å². The summed E-state index contributed by atoms with van der Waals surface area (Å²) in [5, 5.41) is 12.9. The van der Waals surface area contributed by atoms with Gasteiger partial charge in [0.05, 0.1) is 6.10 Å². The Morgan fingerprint density at radius 1 is 1.21 bits per heavy atom. The summed E-state index contributed by atoms with van der Waals surface area (Å²) in [6.45, 7) is 12.7. The zero-order valence-corrected chi connectivity index (χ0v) is 10.4. The molecule has 0 aliphatic heterocycles. The first-order chi connectivity index (χ1) is 6.31. The van der Waals surface area contributed by atoms with Crippen LogP contribution in [0, 0.1) is 11.3 Å². The number of hydrogen-bond acceptors (Lipinski definition) is 2. The zero-order chi connectivity index (χ0) is 11.2. The number of aliphatic hydroxyl groups excluding tert-OH is 1. The standard InChI is InChI=1S/C12H27NO/c1-10(2)8-11(14)9-13-7-6-12(3,4)5/h10-11,13-14H,6-9H2,1-5H3. The summed E-state index contributed by atoms with van der Waals surface area (Å²) in [6, 6.07) is 0. The van der Waals surface area contributed by atoms with Crippen molar-refractivity contribution in [3.63, 3.8) is 0 Å². The topological polar surface area (TPSA) is 32.3 Å². The van der Waals surface area contributed by atoms with Crippen molar-refractivity contribution in [3.05, 3.63) is 0 Å². The quantitative estimate of drug-likeness (QED) is 0.647. The highest BCUT2D eigenvalue weighted by Crippen LogP contribution is 2.16. The van der Waals surface area contributed by atoms with E-state index < -0.39 is 0 Å². The molecule has 0 aromatic carbocycles. The molecule has 0 saturated heterocycles. The van der Waals surface area contributed by atoms with Crippen LogP contribution in [0.5, 0.6) is 0 Å². The molecule has 0 aliphatic rings. The van der Waals surface area contributed by atoms with Gasteiger partial charge in [-0.1, -0.05) is 34.6 Å². The summed E-state index contributed by atoms with van der Waals surface area (Å²) in [5.74, 6) is 0.578. The molecular weight excluding hydrogens is 174 g/mol. The van der Waals surface area contributed by atoms with Crippen molar-refractivity contribution in [1.82, 2.24) is 5.32 Å². The summed E-state index contributed by atoms with van der Waals surface area (Å²) in [5.41, 5.74) is 0.385. The van der Waals surface area contributed by atoms with E-state index in [2.05, 4.69) is 39.9 Å². The highest BCUT2D eigenvalue weighted by atomic mass is 16.3. The monoisotopic (exact) mass is 201 g/mol. The van der Waals surface area contributed by atoms with E-state index in [1.54, 1.807) is 0 Å². The molecule has 1 atom stereocenters. The molecule has 0 aromatic heterocycles. The van der Waals surface area contributed by atoms with Crippen LogP contribution in [0.4, 0.5) is 0 Å². The second-order valence-corrected chi connectivity index (χ2v) is 5.80. The predicted molar refractivity (Wildman–Crippen MR) is 62.4 cm³/mol. The Morgan fingerprint density at radius 2 is 1.79 bits per heavy atom. The molecular formula is C12H27NO. The highest BCUT2D eigenvalue weighted by molar-refractivity contribution is 4.66. The van der Waals surface area contributed by atoms with E-state index in [-0.39, 0.29) is 6.10 Å². The minimum absolute atomic E-state index is 0.185. The Hall–Kier alpha value is -0.0800. The molecule has 14 heavy (non-hydrogen) atoms. The summed E-state index contributed by atoms with van der Waals surface area (Å²) >= 11 is 0. The van der Waals surface area contributed by atoms with Crippen LogP contribution in [0.15, 0.2) is 0 Å². The van der Waals surface area contributed by atoms with E-state index in [0.717, 1.165) is 25.9 Å². The zero-order valence-electron chi connectivity index (χ0n) is 10.4. The molecule has 0 radical (unpaired) electrons. The van der Waals surface area contributed by atoms with Crippen molar-refractivity contribution in [2.45, 2.75) is 53.6 Å². The number of aliphatic hydroxyl groups is 1. The first-order valence-corrected chi connectivity index (χ1v) is 5.70. The molecule has 0 aromatic rings. The van der Waals surface area contributed by atoms with Gasteiger partial charge in [-0.05, 0) is 30.7 Å². The molecule has 2 nitrogen and oxygen atoms in total. The predicted octanol–water partition coefficient (Wildman–Crippen LogP) is 2.42. The van der Waals surface area contributed by atoms with Gasteiger partial charge in [-0.15, -0.1) is 0 Å². The fraction of sp³-hybridized carbons (Fsp3) is 1.00. The average molecular weight is 201 g/mol. The third-order valence-corrected chi connectivity index (χ3v) is 2.18. The molecule has 0 amide bonds. The van der Waals surface area contributed by atoms with Crippen molar-refractivity contribution in [2.75, 3.05) is 13.1 Å². The van der Waals surface area contributed by atoms with Crippen molar-refractivity contribution in [2.24, 2.45) is 11.3 Å². The van der Waals surface area contributed by atoms with Crippen LogP contribution in [0.25, 0.3) is 0 Å². The minimum atomic E-state index is -0.185. The van der Waals surface area contributed by atoms with Gasteiger partial charge in [0.2, 0.25) is 0 Å². The molecule has 0 bridgehead atoms. The fourth-order valence-corrected chi connectivity index (χ4v) is 1.36. The van der Waals surface area contributed by atoms with Crippen molar-refractivity contribution in [3.8, 4) is 0 Å². The van der Waals surface area contributed by atoms with Gasteiger partial charge in [-0.3, -0.25) is 0 Å². The Kier molecular flexibility index (Phi) is 6.38. The average Bonchev–Trinajstić information content (AvgIpc) is 1.95. The normalized spacial score (nSPS) is 14.8. The first kappa shape index (κ1) is 13.9. The SMILES string of the molecule is CC(C)CC(O)CNCCC(C)(C)C. The molecule has 2 heteroatoms. The van der Waals surface area contributed by atoms with Crippen molar-refractivity contribution < 1.29 is 5.11 Å². The lowest BCUT2D eigenvalue weighted by Crippen LogP contribution is -2.30. The van der Waals surface area contributed by atoms with E-state index in [9.17, 15) is 5.11 Å². The lowest BCUT2D eigenvalue weighted by molar-refractivity contribution is 0.145. The van der Waals surface area contributed by atoms with Crippen LogP contribution < -0.4 is 5.32 Å². The highest BCUT2D eigenvalue weighted by Gasteiger charge is 2.10. The minimum Gasteiger partial charge on any atom is -0.392 e. The van der Waals surface area contributed by atoms with Crippen LogP contribution >= 0.6 is 0 Å². The van der Waals surface area contributed by atoms with Gasteiger partial charge in [0.1, 0.15) is 0 Å². The third-order valence-electron chi connectivity index (χ3n) is 2.18. The van der Waals surface area contributed by atoms with E-state index in [0.29, 0.717) is 11.3 Å². The van der Waals surface area contributed by atoms with Crippen LogP contribution in [0.2, 0.25) is 0 Å². The Labute approximate surface area is 89.1 Å². The second kappa shape index (κ2) is 6.41. The van der Waals surface area contributed by atoms with Crippen molar-refractivity contribution in [1.29, 1.82) is 0 Å². The van der Waals surface area contributed by atoms with Gasteiger partial charge in [0, 0.05) is 6.54 Å².